The zero-order valence-corrected chi connectivity index (χ0v) is 11.3. The molecule has 0 saturated heterocycles. The van der Waals surface area contributed by atoms with Gasteiger partial charge in [-0.25, -0.2) is 4.63 Å². The van der Waals surface area contributed by atoms with Crippen molar-refractivity contribution in [3.05, 3.63) is 26.5 Å². The Morgan fingerprint density at radius 2 is 2.41 bits per heavy atom. The Bertz CT molecular complexity index is 539. The van der Waals surface area contributed by atoms with Crippen LogP contribution in [-0.2, 0) is 6.54 Å². The molecule has 0 aliphatic heterocycles. The molecule has 1 amide bonds. The first-order chi connectivity index (χ1) is 8.08. The Hall–Kier alpha value is -1.41. The molecule has 0 fully saturated rings. The second-order valence-electron chi connectivity index (χ2n) is 3.42. The van der Waals surface area contributed by atoms with Crippen LogP contribution < -0.4 is 5.73 Å². The van der Waals surface area contributed by atoms with Crippen molar-refractivity contribution in [3.8, 4) is 0 Å². The molecule has 0 aromatic carbocycles. The summed E-state index contributed by atoms with van der Waals surface area (Å²) in [6, 6.07) is 1.96. The number of rotatable bonds is 3. The van der Waals surface area contributed by atoms with Crippen LogP contribution in [0.1, 0.15) is 16.1 Å². The molecule has 2 aromatic heterocycles. The average Bonchev–Trinajstić information content (AvgIpc) is 2.86. The van der Waals surface area contributed by atoms with Gasteiger partial charge in [0.1, 0.15) is 0 Å². The van der Waals surface area contributed by atoms with Gasteiger partial charge in [-0.05, 0) is 43.3 Å². The van der Waals surface area contributed by atoms with Gasteiger partial charge in [-0.3, -0.25) is 4.79 Å². The lowest BCUT2D eigenvalue weighted by molar-refractivity contribution is 0.0775. The third-order valence-corrected chi connectivity index (χ3v) is 3.66. The Morgan fingerprint density at radius 3 is 2.94 bits per heavy atom. The van der Waals surface area contributed by atoms with E-state index in [0.717, 1.165) is 9.35 Å². The molecule has 90 valence electrons. The summed E-state index contributed by atoms with van der Waals surface area (Å²) in [4.78, 5) is 13.4. The second kappa shape index (κ2) is 4.84. The van der Waals surface area contributed by atoms with Crippen LogP contribution in [0.2, 0.25) is 0 Å². The van der Waals surface area contributed by atoms with Gasteiger partial charge in [0.15, 0.2) is 0 Å². The maximum absolute atomic E-state index is 11.9. The molecule has 8 heteroatoms. The maximum atomic E-state index is 11.9. The minimum absolute atomic E-state index is 0.00773. The highest BCUT2D eigenvalue weighted by molar-refractivity contribution is 9.11. The summed E-state index contributed by atoms with van der Waals surface area (Å²) in [6.07, 6.45) is 0. The molecule has 0 saturated carbocycles. The van der Waals surface area contributed by atoms with Crippen molar-refractivity contribution < 1.29 is 9.42 Å². The lowest BCUT2D eigenvalue weighted by atomic mass is 10.3. The number of aromatic nitrogens is 2. The normalized spacial score (nSPS) is 10.5. The summed E-state index contributed by atoms with van der Waals surface area (Å²) in [6.45, 7) is 0.479. The van der Waals surface area contributed by atoms with Crippen molar-refractivity contribution in [2.75, 3.05) is 12.8 Å². The standard InChI is InChI=1S/C9H9BrN4O2S/c1-14(3-5-2-6(10)17-4-5)9(15)7-8(11)13-16-12-7/h2,4H,3H2,1H3,(H2,11,13). The molecular formula is C9H9BrN4O2S. The number of carbonyl (C=O) groups excluding carboxylic acids is 1. The third-order valence-electron chi connectivity index (χ3n) is 2.10. The zero-order valence-electron chi connectivity index (χ0n) is 8.88. The van der Waals surface area contributed by atoms with Gasteiger partial charge in [0.25, 0.3) is 5.91 Å². The summed E-state index contributed by atoms with van der Waals surface area (Å²) >= 11 is 4.93. The SMILES string of the molecule is CN(Cc1csc(Br)c1)C(=O)c1nonc1N. The highest BCUT2D eigenvalue weighted by Crippen LogP contribution is 2.22. The quantitative estimate of drug-likeness (QED) is 0.932. The van der Waals surface area contributed by atoms with Crippen LogP contribution in [0.3, 0.4) is 0 Å². The molecule has 2 aromatic rings. The number of nitrogens with zero attached hydrogens (tertiary/aromatic N) is 3. The molecule has 2 rings (SSSR count). The lowest BCUT2D eigenvalue weighted by Gasteiger charge is -2.14. The van der Waals surface area contributed by atoms with E-state index in [1.54, 1.807) is 18.4 Å². The van der Waals surface area contributed by atoms with E-state index in [4.69, 9.17) is 5.73 Å². The first-order valence-corrected chi connectivity index (χ1v) is 6.31. The number of hydrogen-bond acceptors (Lipinski definition) is 6. The van der Waals surface area contributed by atoms with Gasteiger partial charge in [0, 0.05) is 13.6 Å². The monoisotopic (exact) mass is 316 g/mol. The number of anilines is 1. The largest absolute Gasteiger partial charge is 0.379 e. The molecule has 2 N–H and O–H groups in total. The third kappa shape index (κ3) is 2.64. The Kier molecular flexibility index (Phi) is 3.43. The molecule has 17 heavy (non-hydrogen) atoms. The van der Waals surface area contributed by atoms with Gasteiger partial charge in [0.05, 0.1) is 3.79 Å². The topological polar surface area (TPSA) is 85.2 Å². The smallest absolute Gasteiger partial charge is 0.280 e. The van der Waals surface area contributed by atoms with E-state index in [-0.39, 0.29) is 17.4 Å². The van der Waals surface area contributed by atoms with Crippen LogP contribution in [0.5, 0.6) is 0 Å². The van der Waals surface area contributed by atoms with Crippen molar-refractivity contribution in [2.45, 2.75) is 6.54 Å². The number of nitrogen functional groups attached to an aromatic ring is 1. The van der Waals surface area contributed by atoms with Crippen LogP contribution in [0.25, 0.3) is 0 Å². The highest BCUT2D eigenvalue weighted by atomic mass is 79.9. The molecule has 0 atom stereocenters. The van der Waals surface area contributed by atoms with Gasteiger partial charge in [-0.1, -0.05) is 0 Å². The average molecular weight is 317 g/mol. The zero-order chi connectivity index (χ0) is 12.4. The van der Waals surface area contributed by atoms with Gasteiger partial charge in [-0.15, -0.1) is 11.3 Å². The first kappa shape index (κ1) is 12.1. The van der Waals surface area contributed by atoms with E-state index in [0.29, 0.717) is 6.54 Å². The van der Waals surface area contributed by atoms with Gasteiger partial charge >= 0.3 is 0 Å². The first-order valence-electron chi connectivity index (χ1n) is 4.64. The van der Waals surface area contributed by atoms with Crippen molar-refractivity contribution in [2.24, 2.45) is 0 Å². The molecule has 0 spiro atoms. The fourth-order valence-corrected chi connectivity index (χ4v) is 2.50. The van der Waals surface area contributed by atoms with Crippen LogP contribution >= 0.6 is 27.3 Å². The fourth-order valence-electron chi connectivity index (χ4n) is 1.30. The summed E-state index contributed by atoms with van der Waals surface area (Å²) in [7, 11) is 1.67. The Balaban J connectivity index is 2.08. The highest BCUT2D eigenvalue weighted by Gasteiger charge is 2.20. The van der Waals surface area contributed by atoms with E-state index in [1.807, 2.05) is 11.4 Å². The maximum Gasteiger partial charge on any atom is 0.280 e. The molecule has 0 aliphatic rings. The molecule has 0 aliphatic carbocycles. The number of nitrogens with two attached hydrogens (primary N) is 1. The van der Waals surface area contributed by atoms with Crippen LogP contribution in [0.15, 0.2) is 19.9 Å². The van der Waals surface area contributed by atoms with Crippen molar-refractivity contribution in [1.82, 2.24) is 15.2 Å². The van der Waals surface area contributed by atoms with E-state index in [9.17, 15) is 4.79 Å². The van der Waals surface area contributed by atoms with Crippen molar-refractivity contribution >= 4 is 39.0 Å². The summed E-state index contributed by atoms with van der Waals surface area (Å²) in [5.74, 6) is -0.306. The van der Waals surface area contributed by atoms with E-state index in [2.05, 4.69) is 30.9 Å². The minimum atomic E-state index is -0.314. The summed E-state index contributed by atoms with van der Waals surface area (Å²) in [5, 5.41) is 8.82. The van der Waals surface area contributed by atoms with Crippen LogP contribution in [0, 0.1) is 0 Å². The van der Waals surface area contributed by atoms with Crippen molar-refractivity contribution in [3.63, 3.8) is 0 Å². The predicted molar refractivity (Wildman–Crippen MR) is 66.5 cm³/mol. The Morgan fingerprint density at radius 1 is 1.65 bits per heavy atom. The van der Waals surface area contributed by atoms with E-state index in [1.165, 1.54) is 4.90 Å². The van der Waals surface area contributed by atoms with Gasteiger partial charge < -0.3 is 10.6 Å². The molecule has 6 nitrogen and oxygen atoms in total. The van der Waals surface area contributed by atoms with Crippen LogP contribution in [-0.4, -0.2) is 28.2 Å². The second-order valence-corrected chi connectivity index (χ2v) is 5.71. The fraction of sp³-hybridized carbons (Fsp3) is 0.222. The predicted octanol–water partition coefficient (Wildman–Crippen LogP) is 1.75. The molecule has 0 bridgehead atoms. The van der Waals surface area contributed by atoms with Gasteiger partial charge in [0.2, 0.25) is 11.5 Å². The molecular weight excluding hydrogens is 308 g/mol. The van der Waals surface area contributed by atoms with Gasteiger partial charge in [-0.2, -0.15) is 0 Å². The number of thiophene rings is 1. The van der Waals surface area contributed by atoms with E-state index >= 15 is 0 Å². The molecule has 0 radical (unpaired) electrons. The van der Waals surface area contributed by atoms with E-state index < -0.39 is 0 Å². The molecule has 2 heterocycles. The summed E-state index contributed by atoms with van der Waals surface area (Å²) < 4.78 is 5.42. The number of hydrogen-bond donors (Lipinski definition) is 1. The lowest BCUT2D eigenvalue weighted by Crippen LogP contribution is -2.27. The number of halogens is 1. The van der Waals surface area contributed by atoms with Crippen molar-refractivity contribution in [1.29, 1.82) is 0 Å². The number of amides is 1. The molecule has 0 unspecified atom stereocenters. The number of carbonyl (C=O) groups is 1. The summed E-state index contributed by atoms with van der Waals surface area (Å²) in [5.41, 5.74) is 6.53. The van der Waals surface area contributed by atoms with Crippen LogP contribution in [0.4, 0.5) is 5.82 Å². The minimum Gasteiger partial charge on any atom is -0.379 e. The Labute approximate surface area is 109 Å².